The summed E-state index contributed by atoms with van der Waals surface area (Å²) in [6.45, 7) is 1.10. The van der Waals surface area contributed by atoms with E-state index in [9.17, 15) is 0 Å². The fourth-order valence-electron chi connectivity index (χ4n) is 15.5. The molecule has 4 fully saturated rings. The van der Waals surface area contributed by atoms with Crippen molar-refractivity contribution in [3.63, 3.8) is 0 Å². The number of fused-ring (bicyclic) bond motifs is 10. The van der Waals surface area contributed by atoms with Gasteiger partial charge in [-0.05, 0) is 179 Å². The monoisotopic (exact) mass is 737 g/mol. The van der Waals surface area contributed by atoms with Crippen LogP contribution in [0.15, 0.2) is 107 Å². The standard InChI is InChI=1S/C53H72N2/c54-51(39-20-8-3-9-21-39)34-52(55-35-36-30-41(37-16-4-1-5-17-37)32-42(31-36)38-18-6-2-7-19-38)40-28-29-46-45-24-12-15-27-49(45)53(50(46)33-40)47-25-13-10-22-43(47)44-23-11-14-26-48(44)53/h1,4,6,12-13,16,18-19,24-25,28-29,32,36,39,42-45,47-52,55H,2-3,5,7-11,14-15,17,20-23,26-27,30-31,33-35,54H2/t36?,42?,43?,44-,45?,47?,48?,49?,50?,51?,52?,53?/m0/s1. The number of allylic oxidation sites excluding steroid dienone is 17. The van der Waals surface area contributed by atoms with E-state index in [-0.39, 0.29) is 0 Å². The Bertz CT molecular complexity index is 1700. The molecule has 0 heterocycles. The van der Waals surface area contributed by atoms with Gasteiger partial charge in [0.1, 0.15) is 0 Å². The van der Waals surface area contributed by atoms with Crippen molar-refractivity contribution in [1.29, 1.82) is 0 Å². The number of rotatable bonds is 9. The van der Waals surface area contributed by atoms with Crippen LogP contribution in [0.2, 0.25) is 0 Å². The van der Waals surface area contributed by atoms with Crippen molar-refractivity contribution in [1.82, 2.24) is 5.32 Å². The van der Waals surface area contributed by atoms with E-state index in [4.69, 9.17) is 5.73 Å². The summed E-state index contributed by atoms with van der Waals surface area (Å²) in [7, 11) is 0. The minimum absolute atomic E-state index is 0.290. The molecule has 12 atom stereocenters. The summed E-state index contributed by atoms with van der Waals surface area (Å²) >= 11 is 0. The lowest BCUT2D eigenvalue weighted by Gasteiger charge is -2.50. The molecule has 3 N–H and O–H groups in total. The maximum atomic E-state index is 7.36. The average molecular weight is 737 g/mol. The quantitative estimate of drug-likeness (QED) is 0.231. The second kappa shape index (κ2) is 16.1. The maximum absolute atomic E-state index is 7.36. The molecule has 2 nitrogen and oxygen atoms in total. The highest BCUT2D eigenvalue weighted by Crippen LogP contribution is 2.75. The smallest absolute Gasteiger partial charge is 0.0297 e. The summed E-state index contributed by atoms with van der Waals surface area (Å²) in [4.78, 5) is 0. The minimum Gasteiger partial charge on any atom is -0.327 e. The van der Waals surface area contributed by atoms with Gasteiger partial charge in [-0.2, -0.15) is 0 Å². The van der Waals surface area contributed by atoms with Crippen LogP contribution in [0.1, 0.15) is 135 Å². The van der Waals surface area contributed by atoms with Gasteiger partial charge in [0, 0.05) is 23.9 Å². The lowest BCUT2D eigenvalue weighted by atomic mass is 9.54. The van der Waals surface area contributed by atoms with Crippen molar-refractivity contribution in [2.24, 2.45) is 70.3 Å². The van der Waals surface area contributed by atoms with E-state index < -0.39 is 0 Å². The molecule has 0 radical (unpaired) electrons. The molecule has 1 spiro atoms. The molecular weight excluding hydrogens is 665 g/mol. The third-order valence-corrected chi connectivity index (χ3v) is 17.7. The molecule has 10 aliphatic rings. The minimum atomic E-state index is 0.290. The third-order valence-electron chi connectivity index (χ3n) is 17.7. The van der Waals surface area contributed by atoms with Crippen molar-refractivity contribution >= 4 is 0 Å². The van der Waals surface area contributed by atoms with Crippen LogP contribution in [0, 0.1) is 64.6 Å². The molecular formula is C53H72N2. The molecule has 0 aromatic rings. The van der Waals surface area contributed by atoms with Crippen LogP contribution < -0.4 is 11.1 Å². The van der Waals surface area contributed by atoms with Crippen molar-refractivity contribution in [3.8, 4) is 0 Å². The predicted octanol–water partition coefficient (Wildman–Crippen LogP) is 12.6. The second-order valence-electron chi connectivity index (χ2n) is 20.3. The van der Waals surface area contributed by atoms with Gasteiger partial charge in [0.15, 0.2) is 0 Å². The summed E-state index contributed by atoms with van der Waals surface area (Å²) in [6.07, 6.45) is 61.1. The summed E-state index contributed by atoms with van der Waals surface area (Å²) in [5.74, 6) is 7.67. The van der Waals surface area contributed by atoms with E-state index in [0.29, 0.717) is 47.1 Å². The van der Waals surface area contributed by atoms with Crippen molar-refractivity contribution in [2.75, 3.05) is 6.54 Å². The first-order valence-corrected chi connectivity index (χ1v) is 23.8. The fraction of sp³-hybridized carbons (Fsp3) is 0.660. The van der Waals surface area contributed by atoms with Gasteiger partial charge in [-0.1, -0.05) is 122 Å². The largest absolute Gasteiger partial charge is 0.327 e. The molecule has 0 bridgehead atoms. The van der Waals surface area contributed by atoms with E-state index in [1.54, 1.807) is 22.3 Å². The first-order chi connectivity index (χ1) is 27.2. The van der Waals surface area contributed by atoms with Crippen molar-refractivity contribution < 1.29 is 0 Å². The highest BCUT2D eigenvalue weighted by molar-refractivity contribution is 5.44. The number of hydrogen-bond donors (Lipinski definition) is 2. The summed E-state index contributed by atoms with van der Waals surface area (Å²) in [5, 5.41) is 4.41. The van der Waals surface area contributed by atoms with Crippen LogP contribution in [0.3, 0.4) is 0 Å². The zero-order valence-electron chi connectivity index (χ0n) is 34.1. The van der Waals surface area contributed by atoms with Gasteiger partial charge in [0.25, 0.3) is 0 Å². The van der Waals surface area contributed by atoms with E-state index in [1.165, 1.54) is 128 Å². The maximum Gasteiger partial charge on any atom is 0.0297 e. The molecule has 0 aromatic carbocycles. The highest BCUT2D eigenvalue weighted by Gasteiger charge is 2.70. The Kier molecular flexibility index (Phi) is 10.8. The van der Waals surface area contributed by atoms with Gasteiger partial charge in [-0.3, -0.25) is 0 Å². The third kappa shape index (κ3) is 6.80. The van der Waals surface area contributed by atoms with Crippen LogP contribution in [0.5, 0.6) is 0 Å². The normalized spacial score (nSPS) is 40.6. The second-order valence-corrected chi connectivity index (χ2v) is 20.3. The highest BCUT2D eigenvalue weighted by atomic mass is 14.9. The topological polar surface area (TPSA) is 38.0 Å². The van der Waals surface area contributed by atoms with Gasteiger partial charge in [-0.15, -0.1) is 0 Å². The van der Waals surface area contributed by atoms with Crippen LogP contribution in [-0.4, -0.2) is 18.6 Å². The van der Waals surface area contributed by atoms with Gasteiger partial charge >= 0.3 is 0 Å². The van der Waals surface area contributed by atoms with E-state index >= 15 is 0 Å². The average Bonchev–Trinajstić information content (AvgIpc) is 3.73. The van der Waals surface area contributed by atoms with Gasteiger partial charge in [-0.25, -0.2) is 0 Å². The fourth-order valence-corrected chi connectivity index (χ4v) is 15.5. The van der Waals surface area contributed by atoms with Gasteiger partial charge in [0.2, 0.25) is 0 Å². The Morgan fingerprint density at radius 1 is 0.745 bits per heavy atom. The first kappa shape index (κ1) is 36.9. The SMILES string of the molecule is NC(CC(NCC1CC(C2=CC=CCC2)=CC(C2=CCCC=C2)C1)C1=CC=C2C3C=CCCC3C3(C2C1)C1C=CCCC1[C@@H]1CCCCC13)C1CCCCC1. The molecule has 55 heavy (non-hydrogen) atoms. The van der Waals surface area contributed by atoms with Crippen LogP contribution in [-0.2, 0) is 0 Å². The van der Waals surface area contributed by atoms with Crippen molar-refractivity contribution in [3.05, 3.63) is 107 Å². The molecule has 11 unspecified atom stereocenters. The molecule has 0 aromatic heterocycles. The molecule has 10 rings (SSSR count). The molecule has 0 aliphatic heterocycles. The van der Waals surface area contributed by atoms with E-state index in [0.717, 1.165) is 42.6 Å². The Balaban J connectivity index is 0.961. The Hall–Kier alpha value is -2.42. The summed E-state index contributed by atoms with van der Waals surface area (Å²) in [5.41, 5.74) is 16.1. The van der Waals surface area contributed by atoms with Crippen LogP contribution >= 0.6 is 0 Å². The number of nitrogens with two attached hydrogens (primary N) is 1. The summed E-state index contributed by atoms with van der Waals surface area (Å²) < 4.78 is 0. The molecule has 0 saturated heterocycles. The first-order valence-electron chi connectivity index (χ1n) is 23.8. The number of hydrogen-bond acceptors (Lipinski definition) is 2. The Morgan fingerprint density at radius 2 is 1.62 bits per heavy atom. The van der Waals surface area contributed by atoms with Gasteiger partial charge in [0.05, 0.1) is 0 Å². The Morgan fingerprint density at radius 3 is 2.49 bits per heavy atom. The zero-order valence-corrected chi connectivity index (χ0v) is 34.1. The van der Waals surface area contributed by atoms with Crippen molar-refractivity contribution in [2.45, 2.75) is 147 Å². The van der Waals surface area contributed by atoms with E-state index in [2.05, 4.69) is 84.3 Å². The number of nitrogens with one attached hydrogen (secondary N) is 1. The van der Waals surface area contributed by atoms with Crippen LogP contribution in [0.25, 0.3) is 0 Å². The predicted molar refractivity (Wildman–Crippen MR) is 231 cm³/mol. The molecule has 0 amide bonds. The van der Waals surface area contributed by atoms with Crippen LogP contribution in [0.4, 0.5) is 0 Å². The molecule has 2 heteroatoms. The summed E-state index contributed by atoms with van der Waals surface area (Å²) in [6, 6.07) is 0.669. The lowest BCUT2D eigenvalue weighted by molar-refractivity contribution is 0.00704. The van der Waals surface area contributed by atoms with E-state index in [1.807, 2.05) is 5.57 Å². The Labute approximate surface area is 334 Å². The zero-order chi connectivity index (χ0) is 36.8. The molecule has 4 saturated carbocycles. The lowest BCUT2D eigenvalue weighted by Crippen LogP contribution is -2.46. The molecule has 294 valence electrons. The molecule has 10 aliphatic carbocycles. The van der Waals surface area contributed by atoms with Gasteiger partial charge < -0.3 is 11.1 Å².